The molecule has 1 atom stereocenters. The van der Waals surface area contributed by atoms with Crippen LogP contribution in [0.3, 0.4) is 0 Å². The van der Waals surface area contributed by atoms with Crippen molar-refractivity contribution < 1.29 is 0 Å². The van der Waals surface area contributed by atoms with E-state index in [9.17, 15) is 0 Å². The highest BCUT2D eigenvalue weighted by Crippen LogP contribution is 2.29. The molecule has 0 radical (unpaired) electrons. The van der Waals surface area contributed by atoms with Gasteiger partial charge in [-0.3, -0.25) is 0 Å². The third-order valence-corrected chi connectivity index (χ3v) is 4.84. The van der Waals surface area contributed by atoms with Crippen LogP contribution in [0.2, 0.25) is 5.02 Å². The quantitative estimate of drug-likeness (QED) is 0.817. The third-order valence-electron chi connectivity index (χ3n) is 3.42. The van der Waals surface area contributed by atoms with Crippen LogP contribution in [0.1, 0.15) is 25.3 Å². The van der Waals surface area contributed by atoms with Crippen molar-refractivity contribution in [3.8, 4) is 0 Å². The third kappa shape index (κ3) is 4.01. The number of aromatic nitrogens is 1. The van der Waals surface area contributed by atoms with Crippen molar-refractivity contribution in [3.05, 3.63) is 22.8 Å². The van der Waals surface area contributed by atoms with Crippen LogP contribution in [-0.4, -0.2) is 36.1 Å². The number of pyridine rings is 1. The average Bonchev–Trinajstić information content (AvgIpc) is 2.92. The maximum absolute atomic E-state index is 6.38. The fourth-order valence-corrected chi connectivity index (χ4v) is 3.83. The van der Waals surface area contributed by atoms with Gasteiger partial charge in [0.25, 0.3) is 0 Å². The Morgan fingerprint density at radius 3 is 3.05 bits per heavy atom. The minimum Gasteiger partial charge on any atom is -0.355 e. The zero-order valence-corrected chi connectivity index (χ0v) is 13.2. The summed E-state index contributed by atoms with van der Waals surface area (Å²) >= 11 is 8.38. The van der Waals surface area contributed by atoms with Crippen molar-refractivity contribution in [1.29, 1.82) is 0 Å². The number of thioether (sulfide) groups is 1. The molecule has 0 amide bonds. The highest BCUT2D eigenvalue weighted by Gasteiger charge is 2.22. The molecule has 106 valence electrons. The molecular weight excluding hydrogens is 278 g/mol. The minimum atomic E-state index is 0.569. The van der Waals surface area contributed by atoms with Crippen LogP contribution < -0.4 is 10.2 Å². The zero-order valence-electron chi connectivity index (χ0n) is 11.7. The summed E-state index contributed by atoms with van der Waals surface area (Å²) in [6, 6.07) is 2.60. The number of nitrogens with zero attached hydrogens (tertiary/aromatic N) is 2. The lowest BCUT2D eigenvalue weighted by Crippen LogP contribution is -2.32. The van der Waals surface area contributed by atoms with E-state index >= 15 is 0 Å². The van der Waals surface area contributed by atoms with Gasteiger partial charge >= 0.3 is 0 Å². The van der Waals surface area contributed by atoms with Crippen molar-refractivity contribution in [3.63, 3.8) is 0 Å². The average molecular weight is 300 g/mol. The fraction of sp³-hybridized carbons (Fsp3) is 0.643. The Labute approximate surface area is 125 Å². The summed E-state index contributed by atoms with van der Waals surface area (Å²) in [6.45, 7) is 4.03. The molecule has 2 rings (SSSR count). The van der Waals surface area contributed by atoms with E-state index in [1.807, 2.05) is 24.0 Å². The second-order valence-electron chi connectivity index (χ2n) is 4.95. The number of anilines is 1. The van der Waals surface area contributed by atoms with E-state index in [0.717, 1.165) is 35.9 Å². The first kappa shape index (κ1) is 14.9. The molecule has 0 saturated carbocycles. The topological polar surface area (TPSA) is 28.2 Å². The first-order valence-corrected chi connectivity index (χ1v) is 8.41. The Balaban J connectivity index is 2.01. The van der Waals surface area contributed by atoms with Crippen molar-refractivity contribution in [2.24, 2.45) is 0 Å². The summed E-state index contributed by atoms with van der Waals surface area (Å²) in [4.78, 5) is 6.77. The van der Waals surface area contributed by atoms with Gasteiger partial charge in [-0.15, -0.1) is 0 Å². The number of nitrogens with one attached hydrogen (secondary N) is 1. The number of hydrogen-bond donors (Lipinski definition) is 1. The van der Waals surface area contributed by atoms with Crippen LogP contribution in [0, 0.1) is 0 Å². The van der Waals surface area contributed by atoms with Gasteiger partial charge in [0, 0.05) is 31.6 Å². The van der Waals surface area contributed by atoms with Crippen molar-refractivity contribution >= 4 is 29.2 Å². The Morgan fingerprint density at radius 2 is 2.42 bits per heavy atom. The Hall–Kier alpha value is -0.450. The van der Waals surface area contributed by atoms with Crippen molar-refractivity contribution in [1.82, 2.24) is 10.3 Å². The second-order valence-corrected chi connectivity index (χ2v) is 6.51. The maximum Gasteiger partial charge on any atom is 0.147 e. The Kier molecular flexibility index (Phi) is 5.79. The Morgan fingerprint density at radius 1 is 1.58 bits per heavy atom. The van der Waals surface area contributed by atoms with Gasteiger partial charge in [0.1, 0.15) is 5.82 Å². The first-order chi connectivity index (χ1) is 9.22. The fourth-order valence-electron chi connectivity index (χ4n) is 2.24. The lowest BCUT2D eigenvalue weighted by Gasteiger charge is -2.25. The normalized spacial score (nSPS) is 18.8. The van der Waals surface area contributed by atoms with Crippen LogP contribution in [0.4, 0.5) is 5.82 Å². The lowest BCUT2D eigenvalue weighted by molar-refractivity contribution is 0.671. The Bertz CT molecular complexity index is 408. The smallest absolute Gasteiger partial charge is 0.147 e. The van der Waals surface area contributed by atoms with Gasteiger partial charge in [0.05, 0.1) is 5.02 Å². The molecule has 1 aliphatic rings. The summed E-state index contributed by atoms with van der Waals surface area (Å²) in [5.41, 5.74) is 1.15. The molecule has 3 nitrogen and oxygen atoms in total. The van der Waals surface area contributed by atoms with Gasteiger partial charge in [-0.25, -0.2) is 4.98 Å². The molecule has 0 bridgehead atoms. The molecule has 0 aromatic carbocycles. The predicted molar refractivity (Wildman–Crippen MR) is 85.4 cm³/mol. The molecule has 2 heterocycles. The molecule has 19 heavy (non-hydrogen) atoms. The lowest BCUT2D eigenvalue weighted by atomic mass is 10.2. The first-order valence-electron chi connectivity index (χ1n) is 6.88. The number of rotatable bonds is 6. The van der Waals surface area contributed by atoms with E-state index in [4.69, 9.17) is 11.6 Å². The summed E-state index contributed by atoms with van der Waals surface area (Å²) in [6.07, 6.45) is 4.29. The van der Waals surface area contributed by atoms with Crippen LogP contribution >= 0.6 is 23.4 Å². The van der Waals surface area contributed by atoms with E-state index in [1.165, 1.54) is 17.9 Å². The molecule has 1 saturated heterocycles. The van der Waals surface area contributed by atoms with Crippen molar-refractivity contribution in [2.45, 2.75) is 32.4 Å². The largest absolute Gasteiger partial charge is 0.355 e. The molecule has 1 N–H and O–H groups in total. The molecule has 1 aromatic rings. The van der Waals surface area contributed by atoms with E-state index in [-0.39, 0.29) is 0 Å². The van der Waals surface area contributed by atoms with Crippen LogP contribution in [0.25, 0.3) is 0 Å². The molecule has 1 aliphatic heterocycles. The summed E-state index contributed by atoms with van der Waals surface area (Å²) in [5, 5.41) is 4.13. The van der Waals surface area contributed by atoms with E-state index < -0.39 is 0 Å². The number of hydrogen-bond acceptors (Lipinski definition) is 4. The zero-order chi connectivity index (χ0) is 13.7. The van der Waals surface area contributed by atoms with E-state index in [1.54, 1.807) is 0 Å². The molecule has 5 heteroatoms. The van der Waals surface area contributed by atoms with Gasteiger partial charge < -0.3 is 10.2 Å². The summed E-state index contributed by atoms with van der Waals surface area (Å²) in [7, 11) is 2.10. The summed E-state index contributed by atoms with van der Waals surface area (Å²) < 4.78 is 0. The second kappa shape index (κ2) is 7.36. The van der Waals surface area contributed by atoms with E-state index in [2.05, 4.69) is 29.2 Å². The SMILES string of the molecule is CCCNCc1cnc(N(C)C2CCSC2)c(Cl)c1. The van der Waals surface area contributed by atoms with Crippen LogP contribution in [0.15, 0.2) is 12.3 Å². The maximum atomic E-state index is 6.38. The number of halogens is 1. The molecular formula is C14H22ClN3S. The molecule has 0 spiro atoms. The van der Waals surface area contributed by atoms with Gasteiger partial charge in [-0.05, 0) is 36.8 Å². The van der Waals surface area contributed by atoms with Gasteiger partial charge in [0.2, 0.25) is 0 Å². The summed E-state index contributed by atoms with van der Waals surface area (Å²) in [5.74, 6) is 3.33. The van der Waals surface area contributed by atoms with Crippen LogP contribution in [-0.2, 0) is 6.54 Å². The van der Waals surface area contributed by atoms with Gasteiger partial charge in [-0.1, -0.05) is 18.5 Å². The monoisotopic (exact) mass is 299 g/mol. The van der Waals surface area contributed by atoms with Crippen molar-refractivity contribution in [2.75, 3.05) is 30.0 Å². The molecule has 1 unspecified atom stereocenters. The highest BCUT2D eigenvalue weighted by atomic mass is 35.5. The standard InChI is InChI=1S/C14H22ClN3S/c1-3-5-16-8-11-7-13(15)14(17-9-11)18(2)12-4-6-19-10-12/h7,9,12,16H,3-6,8,10H2,1-2H3. The van der Waals surface area contributed by atoms with E-state index in [0.29, 0.717) is 6.04 Å². The molecule has 0 aliphatic carbocycles. The highest BCUT2D eigenvalue weighted by molar-refractivity contribution is 7.99. The molecule has 1 fully saturated rings. The minimum absolute atomic E-state index is 0.569. The van der Waals surface area contributed by atoms with Gasteiger partial charge in [-0.2, -0.15) is 11.8 Å². The van der Waals surface area contributed by atoms with Crippen LogP contribution in [0.5, 0.6) is 0 Å². The predicted octanol–water partition coefficient (Wildman–Crippen LogP) is 3.18. The van der Waals surface area contributed by atoms with Gasteiger partial charge in [0.15, 0.2) is 0 Å². The molecule has 1 aromatic heterocycles.